The van der Waals surface area contributed by atoms with Gasteiger partial charge >= 0.3 is 0 Å². The van der Waals surface area contributed by atoms with Crippen LogP contribution in [0.4, 0.5) is 0 Å². The molecule has 2 aliphatic carbocycles. The van der Waals surface area contributed by atoms with Gasteiger partial charge in [-0.1, -0.05) is 18.9 Å². The fourth-order valence-corrected chi connectivity index (χ4v) is 3.60. The van der Waals surface area contributed by atoms with E-state index in [0.29, 0.717) is 12.6 Å². The number of aryl methyl sites for hydroxylation is 2. The van der Waals surface area contributed by atoms with Crippen molar-refractivity contribution in [2.75, 3.05) is 19.8 Å². The van der Waals surface area contributed by atoms with Gasteiger partial charge in [0.2, 0.25) is 0 Å². The molecule has 0 aliphatic heterocycles. The summed E-state index contributed by atoms with van der Waals surface area (Å²) in [7, 11) is 0. The fourth-order valence-electron chi connectivity index (χ4n) is 3.60. The van der Waals surface area contributed by atoms with Crippen LogP contribution in [0, 0.1) is 0 Å². The third-order valence-corrected chi connectivity index (χ3v) is 4.99. The van der Waals surface area contributed by atoms with E-state index in [4.69, 9.17) is 9.47 Å². The minimum Gasteiger partial charge on any atom is -0.484 e. The Balaban J connectivity index is 1.29. The molecule has 24 heavy (non-hydrogen) atoms. The van der Waals surface area contributed by atoms with Crippen molar-refractivity contribution in [1.29, 1.82) is 0 Å². The van der Waals surface area contributed by atoms with Crippen molar-refractivity contribution < 1.29 is 14.3 Å². The van der Waals surface area contributed by atoms with Gasteiger partial charge in [0.25, 0.3) is 5.91 Å². The number of amides is 1. The maximum absolute atomic E-state index is 11.8. The second-order valence-corrected chi connectivity index (χ2v) is 6.91. The molecule has 4 heteroatoms. The van der Waals surface area contributed by atoms with E-state index in [0.717, 1.165) is 25.2 Å². The Bertz CT molecular complexity index is 538. The first-order chi connectivity index (χ1) is 11.8. The molecule has 0 saturated heterocycles. The fraction of sp³-hybridized carbons (Fsp3) is 0.650. The van der Waals surface area contributed by atoms with Crippen molar-refractivity contribution in [3.63, 3.8) is 0 Å². The second-order valence-electron chi connectivity index (χ2n) is 6.91. The van der Waals surface area contributed by atoms with Crippen LogP contribution >= 0.6 is 0 Å². The van der Waals surface area contributed by atoms with Crippen LogP contribution < -0.4 is 10.1 Å². The second kappa shape index (κ2) is 9.07. The minimum atomic E-state index is -0.0615. The summed E-state index contributed by atoms with van der Waals surface area (Å²) in [4.78, 5) is 11.8. The van der Waals surface area contributed by atoms with E-state index in [-0.39, 0.29) is 12.5 Å². The molecule has 0 heterocycles. The number of nitrogens with one attached hydrogen (secondary N) is 1. The van der Waals surface area contributed by atoms with E-state index in [1.807, 2.05) is 6.07 Å². The number of benzene rings is 1. The van der Waals surface area contributed by atoms with E-state index < -0.39 is 0 Å². The van der Waals surface area contributed by atoms with E-state index in [1.54, 1.807) is 0 Å². The maximum atomic E-state index is 11.8. The third-order valence-electron chi connectivity index (χ3n) is 4.99. The Kier molecular flexibility index (Phi) is 6.53. The molecule has 4 nitrogen and oxygen atoms in total. The van der Waals surface area contributed by atoms with Crippen molar-refractivity contribution >= 4 is 5.91 Å². The molecule has 2 aliphatic rings. The number of fused-ring (bicyclic) bond motifs is 1. The minimum absolute atomic E-state index is 0.0615. The smallest absolute Gasteiger partial charge is 0.257 e. The summed E-state index contributed by atoms with van der Waals surface area (Å²) >= 11 is 0. The lowest BCUT2D eigenvalue weighted by molar-refractivity contribution is -0.123. The van der Waals surface area contributed by atoms with Crippen LogP contribution in [0.25, 0.3) is 0 Å². The Morgan fingerprint density at radius 1 is 1.08 bits per heavy atom. The number of carbonyl (C=O) groups is 1. The first kappa shape index (κ1) is 17.3. The van der Waals surface area contributed by atoms with Crippen LogP contribution in [0.3, 0.4) is 0 Å². The summed E-state index contributed by atoms with van der Waals surface area (Å²) in [6.07, 6.45) is 11.1. The average Bonchev–Trinajstić information content (AvgIpc) is 3.13. The highest BCUT2D eigenvalue weighted by Crippen LogP contribution is 2.25. The van der Waals surface area contributed by atoms with Crippen molar-refractivity contribution in [3.05, 3.63) is 29.3 Å². The third kappa shape index (κ3) is 5.23. The topological polar surface area (TPSA) is 47.6 Å². The van der Waals surface area contributed by atoms with E-state index in [2.05, 4.69) is 17.4 Å². The predicted octanol–water partition coefficient (Wildman–Crippen LogP) is 3.41. The first-order valence-corrected chi connectivity index (χ1v) is 9.44. The standard InChI is InChI=1S/C20H29NO3/c22-20(21-12-5-13-23-18-8-3-4-9-18)15-24-19-11-10-16-6-1-2-7-17(16)14-19/h10-11,14,18H,1-9,12-13,15H2,(H,21,22). The Morgan fingerprint density at radius 2 is 1.88 bits per heavy atom. The number of hydrogen-bond acceptors (Lipinski definition) is 3. The van der Waals surface area contributed by atoms with Crippen LogP contribution in [0.2, 0.25) is 0 Å². The van der Waals surface area contributed by atoms with Gasteiger partial charge < -0.3 is 14.8 Å². The van der Waals surface area contributed by atoms with Crippen molar-refractivity contribution in [3.8, 4) is 5.75 Å². The van der Waals surface area contributed by atoms with Crippen molar-refractivity contribution in [2.24, 2.45) is 0 Å². The zero-order valence-electron chi connectivity index (χ0n) is 14.5. The number of rotatable bonds is 8. The van der Waals surface area contributed by atoms with Crippen LogP contribution in [0.15, 0.2) is 18.2 Å². The van der Waals surface area contributed by atoms with Gasteiger partial charge in [-0.2, -0.15) is 0 Å². The molecule has 1 aromatic carbocycles. The van der Waals surface area contributed by atoms with Gasteiger partial charge in [-0.15, -0.1) is 0 Å². The van der Waals surface area contributed by atoms with Gasteiger partial charge in [-0.3, -0.25) is 4.79 Å². The summed E-state index contributed by atoms with van der Waals surface area (Å²) in [5.41, 5.74) is 2.81. The molecule has 0 spiro atoms. The SMILES string of the molecule is O=C(COc1ccc2c(c1)CCCC2)NCCCOC1CCCC1. The van der Waals surface area contributed by atoms with Crippen LogP contribution in [-0.2, 0) is 22.4 Å². The quantitative estimate of drug-likeness (QED) is 0.743. The molecule has 1 amide bonds. The van der Waals surface area contributed by atoms with Crippen LogP contribution in [-0.4, -0.2) is 31.8 Å². The summed E-state index contributed by atoms with van der Waals surface area (Å²) in [5, 5.41) is 2.90. The monoisotopic (exact) mass is 331 g/mol. The Labute approximate surface area is 144 Å². The van der Waals surface area contributed by atoms with Gasteiger partial charge in [-0.05, 0) is 68.2 Å². The van der Waals surface area contributed by atoms with Crippen LogP contribution in [0.1, 0.15) is 56.1 Å². The lowest BCUT2D eigenvalue weighted by atomic mass is 9.92. The van der Waals surface area contributed by atoms with Crippen molar-refractivity contribution in [1.82, 2.24) is 5.32 Å². The number of hydrogen-bond donors (Lipinski definition) is 1. The highest BCUT2D eigenvalue weighted by atomic mass is 16.5. The molecule has 0 aromatic heterocycles. The number of ether oxygens (including phenoxy) is 2. The lowest BCUT2D eigenvalue weighted by Crippen LogP contribution is -2.30. The van der Waals surface area contributed by atoms with Gasteiger partial charge in [0.05, 0.1) is 6.10 Å². The number of carbonyl (C=O) groups excluding carboxylic acids is 1. The zero-order valence-corrected chi connectivity index (χ0v) is 14.5. The molecule has 0 atom stereocenters. The summed E-state index contributed by atoms with van der Waals surface area (Å²) < 4.78 is 11.4. The van der Waals surface area contributed by atoms with E-state index in [1.165, 1.54) is 56.1 Å². The summed E-state index contributed by atoms with van der Waals surface area (Å²) in [6.45, 7) is 1.47. The Hall–Kier alpha value is -1.55. The van der Waals surface area contributed by atoms with E-state index in [9.17, 15) is 4.79 Å². The largest absolute Gasteiger partial charge is 0.484 e. The molecule has 0 bridgehead atoms. The highest BCUT2D eigenvalue weighted by Gasteiger charge is 2.14. The lowest BCUT2D eigenvalue weighted by Gasteiger charge is -2.16. The van der Waals surface area contributed by atoms with Crippen molar-refractivity contribution in [2.45, 2.75) is 63.9 Å². The molecule has 1 saturated carbocycles. The molecule has 3 rings (SSSR count). The molecular formula is C20H29NO3. The van der Waals surface area contributed by atoms with Gasteiger partial charge in [-0.25, -0.2) is 0 Å². The molecule has 0 unspecified atom stereocenters. The maximum Gasteiger partial charge on any atom is 0.257 e. The van der Waals surface area contributed by atoms with E-state index >= 15 is 0 Å². The summed E-state index contributed by atoms with van der Waals surface area (Å²) in [5.74, 6) is 0.740. The molecule has 1 fully saturated rings. The zero-order chi connectivity index (χ0) is 16.6. The van der Waals surface area contributed by atoms with Gasteiger partial charge in [0.15, 0.2) is 6.61 Å². The Morgan fingerprint density at radius 3 is 2.71 bits per heavy atom. The molecule has 1 aromatic rings. The first-order valence-electron chi connectivity index (χ1n) is 9.44. The molecule has 132 valence electrons. The molecule has 1 N–H and O–H groups in total. The van der Waals surface area contributed by atoms with Gasteiger partial charge in [0, 0.05) is 13.2 Å². The molecule has 0 radical (unpaired) electrons. The average molecular weight is 331 g/mol. The summed E-state index contributed by atoms with van der Waals surface area (Å²) in [6, 6.07) is 6.21. The molecular weight excluding hydrogens is 302 g/mol. The predicted molar refractivity (Wildman–Crippen MR) is 94.4 cm³/mol. The van der Waals surface area contributed by atoms with Gasteiger partial charge in [0.1, 0.15) is 5.75 Å². The van der Waals surface area contributed by atoms with Crippen LogP contribution in [0.5, 0.6) is 5.75 Å². The highest BCUT2D eigenvalue weighted by molar-refractivity contribution is 5.77. The normalized spacial score (nSPS) is 17.5.